The summed E-state index contributed by atoms with van der Waals surface area (Å²) in [7, 11) is 0. The monoisotopic (exact) mass is 472 g/mol. The first-order valence-corrected chi connectivity index (χ1v) is 11.3. The fourth-order valence-corrected chi connectivity index (χ4v) is 4.60. The van der Waals surface area contributed by atoms with Crippen LogP contribution in [0.25, 0.3) is 10.2 Å². The number of halogens is 2. The topological polar surface area (TPSA) is 60.2 Å². The van der Waals surface area contributed by atoms with Crippen LogP contribution in [0.1, 0.15) is 17.0 Å². The molecule has 0 unspecified atom stereocenters. The highest BCUT2D eigenvalue weighted by atomic mass is 35.5. The van der Waals surface area contributed by atoms with Crippen LogP contribution in [0.2, 0.25) is 5.02 Å². The highest BCUT2D eigenvalue weighted by molar-refractivity contribution is 7.22. The summed E-state index contributed by atoms with van der Waals surface area (Å²) in [6.45, 7) is 6.51. The van der Waals surface area contributed by atoms with Gasteiger partial charge in [-0.25, -0.2) is 9.37 Å². The van der Waals surface area contributed by atoms with Crippen molar-refractivity contribution in [2.24, 2.45) is 0 Å². The molecule has 1 amide bonds. The number of thiazole rings is 1. The molecule has 0 bridgehead atoms. The fraction of sp³-hybridized carbons (Fsp3) is 0.261. The lowest BCUT2D eigenvalue weighted by Crippen LogP contribution is -2.37. The Morgan fingerprint density at radius 2 is 1.94 bits per heavy atom. The van der Waals surface area contributed by atoms with Crippen molar-refractivity contribution in [2.75, 3.05) is 18.1 Å². The zero-order chi connectivity index (χ0) is 22.8. The molecule has 4 rings (SSSR count). The lowest BCUT2D eigenvalue weighted by Gasteiger charge is -2.20. The van der Waals surface area contributed by atoms with E-state index in [0.717, 1.165) is 27.2 Å². The molecule has 0 N–H and O–H groups in total. The van der Waals surface area contributed by atoms with Crippen molar-refractivity contribution in [3.05, 3.63) is 70.3 Å². The second-order valence-corrected chi connectivity index (χ2v) is 8.87. The Bertz CT molecular complexity index is 1270. The van der Waals surface area contributed by atoms with Gasteiger partial charge in [-0.05, 0) is 68.8 Å². The normalized spacial score (nSPS) is 11.2. The van der Waals surface area contributed by atoms with E-state index in [9.17, 15) is 9.18 Å². The molecule has 0 aliphatic rings. The minimum Gasteiger partial charge on any atom is -0.484 e. The number of amides is 1. The molecule has 32 heavy (non-hydrogen) atoms. The van der Waals surface area contributed by atoms with Gasteiger partial charge in [0, 0.05) is 17.3 Å². The zero-order valence-corrected chi connectivity index (χ0v) is 19.5. The SMILES string of the molecule is Cc1cc(C)n(CCN(C(=O)COc2ccc(F)cc2)c2nc3c(C)c(Cl)ccc3s2)n1. The quantitative estimate of drug-likeness (QED) is 0.365. The van der Waals surface area contributed by atoms with Gasteiger partial charge in [-0.15, -0.1) is 0 Å². The van der Waals surface area contributed by atoms with Crippen molar-refractivity contribution >= 4 is 44.2 Å². The van der Waals surface area contributed by atoms with Crippen LogP contribution in [0.5, 0.6) is 5.75 Å². The maximum absolute atomic E-state index is 13.2. The molecule has 0 radical (unpaired) electrons. The highest BCUT2D eigenvalue weighted by Crippen LogP contribution is 2.33. The number of nitrogens with zero attached hydrogens (tertiary/aromatic N) is 4. The van der Waals surface area contributed by atoms with E-state index in [2.05, 4.69) is 5.10 Å². The van der Waals surface area contributed by atoms with Crippen molar-refractivity contribution in [1.82, 2.24) is 14.8 Å². The van der Waals surface area contributed by atoms with Gasteiger partial charge in [0.1, 0.15) is 11.6 Å². The Balaban J connectivity index is 1.59. The molecule has 0 aliphatic heterocycles. The number of ether oxygens (including phenoxy) is 1. The summed E-state index contributed by atoms with van der Waals surface area (Å²) in [5.74, 6) is -0.192. The van der Waals surface area contributed by atoms with Gasteiger partial charge in [0.25, 0.3) is 5.91 Å². The van der Waals surface area contributed by atoms with Crippen LogP contribution >= 0.6 is 22.9 Å². The molecule has 4 aromatic rings. The Hall–Kier alpha value is -2.97. The minimum atomic E-state index is -0.362. The lowest BCUT2D eigenvalue weighted by molar-refractivity contribution is -0.120. The first-order chi connectivity index (χ1) is 15.3. The molecule has 0 fully saturated rings. The van der Waals surface area contributed by atoms with E-state index in [4.69, 9.17) is 21.3 Å². The molecule has 0 saturated carbocycles. The molecular formula is C23H22ClFN4O2S. The number of benzene rings is 2. The van der Waals surface area contributed by atoms with Gasteiger partial charge >= 0.3 is 0 Å². The summed E-state index contributed by atoms with van der Waals surface area (Å²) in [5, 5.41) is 5.69. The van der Waals surface area contributed by atoms with Crippen LogP contribution in [-0.2, 0) is 11.3 Å². The van der Waals surface area contributed by atoms with E-state index < -0.39 is 0 Å². The van der Waals surface area contributed by atoms with Crippen LogP contribution in [-0.4, -0.2) is 33.8 Å². The first kappa shape index (κ1) is 22.2. The van der Waals surface area contributed by atoms with Gasteiger partial charge in [0.05, 0.1) is 22.5 Å². The number of carbonyl (C=O) groups excluding carboxylic acids is 1. The summed E-state index contributed by atoms with van der Waals surface area (Å²) in [6, 6.07) is 11.3. The number of anilines is 1. The summed E-state index contributed by atoms with van der Waals surface area (Å²) in [6.07, 6.45) is 0. The summed E-state index contributed by atoms with van der Waals surface area (Å²) in [5.41, 5.74) is 3.59. The number of fused-ring (bicyclic) bond motifs is 1. The maximum atomic E-state index is 13.2. The number of aryl methyl sites for hydroxylation is 3. The average Bonchev–Trinajstić information content (AvgIpc) is 3.33. The predicted octanol–water partition coefficient (Wildman–Crippen LogP) is 5.32. The van der Waals surface area contributed by atoms with E-state index in [1.54, 1.807) is 4.90 Å². The molecule has 0 atom stereocenters. The Labute approximate surface area is 194 Å². The third-order valence-electron chi connectivity index (χ3n) is 5.08. The second kappa shape index (κ2) is 9.26. The summed E-state index contributed by atoms with van der Waals surface area (Å²) < 4.78 is 21.6. The smallest absolute Gasteiger partial charge is 0.266 e. The van der Waals surface area contributed by atoms with E-state index >= 15 is 0 Å². The molecule has 0 spiro atoms. The number of carbonyl (C=O) groups is 1. The van der Waals surface area contributed by atoms with E-state index in [0.29, 0.717) is 29.0 Å². The molecule has 166 valence electrons. The zero-order valence-electron chi connectivity index (χ0n) is 17.9. The number of aromatic nitrogens is 3. The molecule has 2 heterocycles. The Morgan fingerprint density at radius 1 is 1.19 bits per heavy atom. The molecule has 9 heteroatoms. The van der Waals surface area contributed by atoms with E-state index in [1.807, 2.05) is 43.7 Å². The number of rotatable bonds is 7. The van der Waals surface area contributed by atoms with E-state index in [1.165, 1.54) is 35.6 Å². The van der Waals surface area contributed by atoms with Gasteiger partial charge < -0.3 is 4.74 Å². The van der Waals surface area contributed by atoms with Crippen molar-refractivity contribution in [1.29, 1.82) is 0 Å². The predicted molar refractivity (Wildman–Crippen MR) is 125 cm³/mol. The fourth-order valence-electron chi connectivity index (χ4n) is 3.38. The molecule has 6 nitrogen and oxygen atoms in total. The van der Waals surface area contributed by atoms with Crippen LogP contribution in [0, 0.1) is 26.6 Å². The Kier molecular flexibility index (Phi) is 6.43. The number of hydrogen-bond acceptors (Lipinski definition) is 5. The Morgan fingerprint density at radius 3 is 2.62 bits per heavy atom. The van der Waals surface area contributed by atoms with Crippen molar-refractivity contribution < 1.29 is 13.9 Å². The van der Waals surface area contributed by atoms with Gasteiger partial charge in [-0.1, -0.05) is 22.9 Å². The van der Waals surface area contributed by atoms with Gasteiger partial charge in [0.2, 0.25) is 0 Å². The van der Waals surface area contributed by atoms with Crippen LogP contribution in [0.15, 0.2) is 42.5 Å². The van der Waals surface area contributed by atoms with Crippen LogP contribution in [0.3, 0.4) is 0 Å². The van der Waals surface area contributed by atoms with Crippen molar-refractivity contribution in [3.63, 3.8) is 0 Å². The van der Waals surface area contributed by atoms with Crippen LogP contribution in [0.4, 0.5) is 9.52 Å². The average molecular weight is 473 g/mol. The first-order valence-electron chi connectivity index (χ1n) is 10.1. The standard InChI is InChI=1S/C23H22ClFN4O2S/c1-14-12-15(2)29(27-14)11-10-28(21(30)13-31-18-6-4-17(25)5-7-18)23-26-22-16(3)19(24)8-9-20(22)32-23/h4-9,12H,10-11,13H2,1-3H3. The van der Waals surface area contributed by atoms with Gasteiger partial charge in [0.15, 0.2) is 11.7 Å². The summed E-state index contributed by atoms with van der Waals surface area (Å²) >= 11 is 7.68. The lowest BCUT2D eigenvalue weighted by atomic mass is 10.2. The maximum Gasteiger partial charge on any atom is 0.266 e. The molecule has 0 aliphatic carbocycles. The van der Waals surface area contributed by atoms with Gasteiger partial charge in [-0.2, -0.15) is 5.10 Å². The molecule has 0 saturated heterocycles. The highest BCUT2D eigenvalue weighted by Gasteiger charge is 2.22. The molecular weight excluding hydrogens is 451 g/mol. The third-order valence-corrected chi connectivity index (χ3v) is 6.54. The van der Waals surface area contributed by atoms with Gasteiger partial charge in [-0.3, -0.25) is 14.4 Å². The molecule has 2 aromatic carbocycles. The van der Waals surface area contributed by atoms with Crippen molar-refractivity contribution in [2.45, 2.75) is 27.3 Å². The van der Waals surface area contributed by atoms with Crippen LogP contribution < -0.4 is 9.64 Å². The van der Waals surface area contributed by atoms with E-state index in [-0.39, 0.29) is 18.3 Å². The largest absolute Gasteiger partial charge is 0.484 e. The minimum absolute atomic E-state index is 0.196. The number of hydrogen-bond donors (Lipinski definition) is 0. The second-order valence-electron chi connectivity index (χ2n) is 7.45. The third kappa shape index (κ3) is 4.76. The summed E-state index contributed by atoms with van der Waals surface area (Å²) in [4.78, 5) is 19.5. The van der Waals surface area contributed by atoms with Crippen molar-refractivity contribution in [3.8, 4) is 5.75 Å². The molecule has 2 aromatic heterocycles.